The molecule has 0 spiro atoms. The van der Waals surface area contributed by atoms with Gasteiger partial charge in [-0.05, 0) is 51.8 Å². The van der Waals surface area contributed by atoms with Gasteiger partial charge < -0.3 is 10.1 Å². The van der Waals surface area contributed by atoms with Crippen molar-refractivity contribution in [1.29, 1.82) is 0 Å². The number of hydrogen-bond acceptors (Lipinski definition) is 4. The van der Waals surface area contributed by atoms with Gasteiger partial charge in [0.2, 0.25) is 0 Å². The topological polar surface area (TPSA) is 74.0 Å². The maximum atomic E-state index is 12.6. The van der Waals surface area contributed by atoms with E-state index in [0.717, 1.165) is 5.56 Å². The summed E-state index contributed by atoms with van der Waals surface area (Å²) in [6.07, 6.45) is 3.44. The van der Waals surface area contributed by atoms with Crippen molar-refractivity contribution in [3.05, 3.63) is 92.8 Å². The molecule has 0 unspecified atom stereocenters. The molecule has 4 aromatic rings. The Hall–Kier alpha value is -2.81. The molecule has 0 bridgehead atoms. The molecule has 31 heavy (non-hydrogen) atoms. The maximum absolute atomic E-state index is 12.6. The number of anilines is 1. The van der Waals surface area contributed by atoms with Crippen LogP contribution < -0.4 is 10.1 Å². The minimum absolute atomic E-state index is 0.121. The van der Waals surface area contributed by atoms with Crippen LogP contribution in [-0.4, -0.2) is 25.5 Å². The number of aromatic nitrogens is 4. The maximum Gasteiger partial charge on any atom is 0.277 e. The molecule has 0 aliphatic rings. The number of hydrogen-bond donors (Lipinski definition) is 1. The van der Waals surface area contributed by atoms with Crippen molar-refractivity contribution in [2.45, 2.75) is 13.3 Å². The summed E-state index contributed by atoms with van der Waals surface area (Å²) in [4.78, 5) is 12.6. The molecule has 7 nitrogen and oxygen atoms in total. The van der Waals surface area contributed by atoms with Gasteiger partial charge in [-0.2, -0.15) is 10.2 Å². The molecular formula is C21H16BrCl2N5O2. The molecule has 0 atom stereocenters. The second kappa shape index (κ2) is 9.55. The fraction of sp³-hybridized carbons (Fsp3) is 0.0952. The Bertz CT molecular complexity index is 1210. The van der Waals surface area contributed by atoms with E-state index in [1.165, 1.54) is 4.68 Å². The summed E-state index contributed by atoms with van der Waals surface area (Å²) in [7, 11) is 0. The van der Waals surface area contributed by atoms with E-state index in [1.54, 1.807) is 35.3 Å². The zero-order valence-corrected chi connectivity index (χ0v) is 19.1. The summed E-state index contributed by atoms with van der Waals surface area (Å²) in [6.45, 7) is 0.663. The van der Waals surface area contributed by atoms with E-state index in [-0.39, 0.29) is 18.3 Å². The van der Waals surface area contributed by atoms with Crippen LogP contribution in [0.5, 0.6) is 5.75 Å². The molecular weight excluding hydrogens is 505 g/mol. The van der Waals surface area contributed by atoms with Crippen LogP contribution in [0.2, 0.25) is 10.0 Å². The van der Waals surface area contributed by atoms with Gasteiger partial charge in [-0.25, -0.2) is 4.68 Å². The highest BCUT2D eigenvalue weighted by molar-refractivity contribution is 9.10. The summed E-state index contributed by atoms with van der Waals surface area (Å²) >= 11 is 15.4. The Kier molecular flexibility index (Phi) is 6.60. The van der Waals surface area contributed by atoms with E-state index in [9.17, 15) is 4.79 Å². The molecule has 0 aliphatic carbocycles. The highest BCUT2D eigenvalue weighted by Gasteiger charge is 2.15. The van der Waals surface area contributed by atoms with Crippen LogP contribution in [0.3, 0.4) is 0 Å². The highest BCUT2D eigenvalue weighted by Crippen LogP contribution is 2.24. The normalized spacial score (nSPS) is 10.8. The van der Waals surface area contributed by atoms with Gasteiger partial charge in [0.1, 0.15) is 5.75 Å². The Morgan fingerprint density at radius 1 is 1.03 bits per heavy atom. The zero-order valence-electron chi connectivity index (χ0n) is 16.0. The van der Waals surface area contributed by atoms with Crippen LogP contribution >= 0.6 is 39.1 Å². The van der Waals surface area contributed by atoms with Crippen LogP contribution in [0.15, 0.2) is 71.5 Å². The first-order chi connectivity index (χ1) is 15.0. The number of para-hydroxylation sites is 1. The molecule has 2 heterocycles. The minimum Gasteiger partial charge on any atom is -0.470 e. The van der Waals surface area contributed by atoms with E-state index in [0.29, 0.717) is 32.6 Å². The lowest BCUT2D eigenvalue weighted by Crippen LogP contribution is -2.15. The lowest BCUT2D eigenvalue weighted by atomic mass is 10.2. The van der Waals surface area contributed by atoms with E-state index >= 15 is 0 Å². The minimum atomic E-state index is -0.381. The molecule has 1 N–H and O–H groups in total. The first-order valence-corrected chi connectivity index (χ1v) is 10.7. The molecule has 10 heteroatoms. The average molecular weight is 521 g/mol. The number of nitrogens with one attached hydrogen (secondary N) is 1. The number of nitrogens with zero attached hydrogens (tertiary/aromatic N) is 4. The SMILES string of the molecule is O=C(Nc1nn(Cc2ccc(Cl)cc2)cc1Br)c1ccn(COc2ccccc2Cl)n1. The van der Waals surface area contributed by atoms with Crippen molar-refractivity contribution in [2.24, 2.45) is 0 Å². The van der Waals surface area contributed by atoms with Crippen molar-refractivity contribution in [1.82, 2.24) is 19.6 Å². The van der Waals surface area contributed by atoms with Gasteiger partial charge in [0.05, 0.1) is 16.0 Å². The van der Waals surface area contributed by atoms with Crippen molar-refractivity contribution in [3.63, 3.8) is 0 Å². The number of ether oxygens (including phenoxy) is 1. The number of carbonyl (C=O) groups is 1. The standard InChI is InChI=1S/C21H16BrCl2N5O2/c22-16-12-29(11-14-5-7-15(23)8-6-14)27-20(16)25-21(30)18-9-10-28(26-18)13-31-19-4-2-1-3-17(19)24/h1-10,12H,11,13H2,(H,25,27,30). The summed E-state index contributed by atoms with van der Waals surface area (Å²) < 4.78 is 9.52. The molecule has 0 fully saturated rings. The van der Waals surface area contributed by atoms with Gasteiger partial charge in [0.25, 0.3) is 5.91 Å². The average Bonchev–Trinajstić information content (AvgIpc) is 3.36. The van der Waals surface area contributed by atoms with Gasteiger partial charge in [-0.15, -0.1) is 0 Å². The van der Waals surface area contributed by atoms with E-state index in [2.05, 4.69) is 31.4 Å². The lowest BCUT2D eigenvalue weighted by Gasteiger charge is -2.07. The smallest absolute Gasteiger partial charge is 0.277 e. The Labute approximate surface area is 196 Å². The van der Waals surface area contributed by atoms with Gasteiger partial charge in [0.15, 0.2) is 18.2 Å². The summed E-state index contributed by atoms with van der Waals surface area (Å²) in [5.41, 5.74) is 1.27. The van der Waals surface area contributed by atoms with Crippen LogP contribution in [0.25, 0.3) is 0 Å². The lowest BCUT2D eigenvalue weighted by molar-refractivity contribution is 0.101. The molecule has 0 aliphatic heterocycles. The monoisotopic (exact) mass is 519 g/mol. The number of carbonyl (C=O) groups excluding carboxylic acids is 1. The predicted molar refractivity (Wildman–Crippen MR) is 123 cm³/mol. The third kappa shape index (κ3) is 5.46. The third-order valence-electron chi connectivity index (χ3n) is 4.27. The number of rotatable bonds is 7. The zero-order chi connectivity index (χ0) is 21.8. The van der Waals surface area contributed by atoms with Gasteiger partial charge in [0, 0.05) is 17.4 Å². The first kappa shape index (κ1) is 21.4. The molecule has 0 saturated heterocycles. The van der Waals surface area contributed by atoms with Gasteiger partial charge in [-0.1, -0.05) is 47.5 Å². The highest BCUT2D eigenvalue weighted by atomic mass is 79.9. The Morgan fingerprint density at radius 3 is 2.58 bits per heavy atom. The van der Waals surface area contributed by atoms with Gasteiger partial charge in [-0.3, -0.25) is 9.48 Å². The molecule has 158 valence electrons. The number of halogens is 3. The summed E-state index contributed by atoms with van der Waals surface area (Å²) in [5, 5.41) is 12.6. The van der Waals surface area contributed by atoms with Crippen molar-refractivity contribution >= 4 is 50.9 Å². The fourth-order valence-corrected chi connectivity index (χ4v) is 3.49. The largest absolute Gasteiger partial charge is 0.470 e. The molecule has 0 saturated carbocycles. The molecule has 2 aromatic heterocycles. The van der Waals surface area contributed by atoms with E-state index in [4.69, 9.17) is 27.9 Å². The van der Waals surface area contributed by atoms with Crippen molar-refractivity contribution in [3.8, 4) is 5.75 Å². The fourth-order valence-electron chi connectivity index (χ4n) is 2.76. The summed E-state index contributed by atoms with van der Waals surface area (Å²) in [5.74, 6) is 0.565. The predicted octanol–water partition coefficient (Wildman–Crippen LogP) is 5.49. The van der Waals surface area contributed by atoms with E-state index in [1.807, 2.05) is 36.4 Å². The van der Waals surface area contributed by atoms with Crippen LogP contribution in [0.1, 0.15) is 16.1 Å². The first-order valence-electron chi connectivity index (χ1n) is 9.17. The molecule has 2 aromatic carbocycles. The van der Waals surface area contributed by atoms with E-state index < -0.39 is 0 Å². The summed E-state index contributed by atoms with van der Waals surface area (Å²) in [6, 6.07) is 16.2. The number of benzene rings is 2. The van der Waals surface area contributed by atoms with Gasteiger partial charge >= 0.3 is 0 Å². The van der Waals surface area contributed by atoms with Crippen LogP contribution in [0.4, 0.5) is 5.82 Å². The molecule has 0 radical (unpaired) electrons. The van der Waals surface area contributed by atoms with Crippen molar-refractivity contribution < 1.29 is 9.53 Å². The third-order valence-corrected chi connectivity index (χ3v) is 5.41. The second-order valence-electron chi connectivity index (χ2n) is 6.55. The molecule has 4 rings (SSSR count). The Morgan fingerprint density at radius 2 is 1.81 bits per heavy atom. The molecule has 1 amide bonds. The van der Waals surface area contributed by atoms with Crippen LogP contribution in [0, 0.1) is 0 Å². The second-order valence-corrected chi connectivity index (χ2v) is 8.25. The van der Waals surface area contributed by atoms with Crippen LogP contribution in [-0.2, 0) is 13.3 Å². The Balaban J connectivity index is 1.38. The quantitative estimate of drug-likeness (QED) is 0.350. The number of amides is 1. The van der Waals surface area contributed by atoms with Crippen molar-refractivity contribution in [2.75, 3.05) is 5.32 Å².